The van der Waals surface area contributed by atoms with Crippen LogP contribution in [0.5, 0.6) is 5.88 Å². The van der Waals surface area contributed by atoms with Gasteiger partial charge in [0.25, 0.3) is 5.91 Å². The molecular formula is C25H29N7O2. The molecule has 3 aromatic rings. The highest BCUT2D eigenvalue weighted by atomic mass is 16.5. The van der Waals surface area contributed by atoms with E-state index in [-0.39, 0.29) is 18.1 Å². The lowest BCUT2D eigenvalue weighted by Crippen LogP contribution is -2.31. The van der Waals surface area contributed by atoms with Crippen LogP contribution in [0.4, 0.5) is 23.3 Å². The van der Waals surface area contributed by atoms with Crippen LogP contribution in [0, 0.1) is 0 Å². The second kappa shape index (κ2) is 9.64. The van der Waals surface area contributed by atoms with Gasteiger partial charge in [-0.3, -0.25) is 4.79 Å². The predicted molar refractivity (Wildman–Crippen MR) is 131 cm³/mol. The summed E-state index contributed by atoms with van der Waals surface area (Å²) in [4.78, 5) is 26.3. The Labute approximate surface area is 198 Å². The minimum Gasteiger partial charge on any atom is -0.474 e. The van der Waals surface area contributed by atoms with Crippen molar-refractivity contribution in [2.45, 2.75) is 51.8 Å². The summed E-state index contributed by atoms with van der Waals surface area (Å²) in [6, 6.07) is 11.8. The largest absolute Gasteiger partial charge is 0.474 e. The normalized spacial score (nSPS) is 14.9. The van der Waals surface area contributed by atoms with Crippen molar-refractivity contribution in [3.8, 4) is 5.88 Å². The van der Waals surface area contributed by atoms with Crippen LogP contribution in [0.15, 0.2) is 42.6 Å². The molecule has 1 aromatic carbocycles. The zero-order chi connectivity index (χ0) is 23.5. The van der Waals surface area contributed by atoms with Gasteiger partial charge < -0.3 is 26.0 Å². The number of pyridine rings is 1. The molecule has 9 nitrogen and oxygen atoms in total. The molecule has 9 heteroatoms. The number of nitrogens with one attached hydrogen (secondary N) is 4. The van der Waals surface area contributed by atoms with Crippen molar-refractivity contribution in [2.24, 2.45) is 0 Å². The van der Waals surface area contributed by atoms with Gasteiger partial charge in [-0.15, -0.1) is 0 Å². The highest BCUT2D eigenvalue weighted by Gasteiger charge is 2.24. The molecule has 2 aliphatic rings. The maximum absolute atomic E-state index is 12.8. The van der Waals surface area contributed by atoms with Gasteiger partial charge in [0.2, 0.25) is 11.8 Å². The molecule has 0 bridgehead atoms. The zero-order valence-electron chi connectivity index (χ0n) is 19.4. The van der Waals surface area contributed by atoms with Gasteiger partial charge in [0.1, 0.15) is 23.3 Å². The second-order valence-corrected chi connectivity index (χ2v) is 8.92. The van der Waals surface area contributed by atoms with Crippen LogP contribution in [0.2, 0.25) is 0 Å². The fraction of sp³-hybridized carbons (Fsp3) is 0.360. The lowest BCUT2D eigenvalue weighted by Gasteiger charge is -2.18. The van der Waals surface area contributed by atoms with Crippen molar-refractivity contribution in [1.29, 1.82) is 0 Å². The number of fused-ring (bicyclic) bond motifs is 1. The molecule has 0 unspecified atom stereocenters. The highest BCUT2D eigenvalue weighted by Crippen LogP contribution is 2.27. The summed E-state index contributed by atoms with van der Waals surface area (Å²) in [6.45, 7) is 5.66. The minimum absolute atomic E-state index is 0.0179. The number of hydrogen-bond donors (Lipinski definition) is 4. The van der Waals surface area contributed by atoms with Gasteiger partial charge in [-0.25, -0.2) is 4.98 Å². The second-order valence-electron chi connectivity index (χ2n) is 8.92. The number of nitrogens with zero attached hydrogens (tertiary/aromatic N) is 3. The van der Waals surface area contributed by atoms with Crippen molar-refractivity contribution in [3.63, 3.8) is 0 Å². The van der Waals surface area contributed by atoms with E-state index < -0.39 is 0 Å². The first-order valence-corrected chi connectivity index (χ1v) is 11.7. The predicted octanol–water partition coefficient (Wildman–Crippen LogP) is 3.68. The molecule has 1 fully saturated rings. The van der Waals surface area contributed by atoms with E-state index >= 15 is 0 Å². The van der Waals surface area contributed by atoms with Gasteiger partial charge >= 0.3 is 0 Å². The van der Waals surface area contributed by atoms with E-state index in [4.69, 9.17) is 4.74 Å². The molecule has 1 aliphatic heterocycles. The number of carbonyl (C=O) groups is 1. The van der Waals surface area contributed by atoms with Crippen molar-refractivity contribution >= 4 is 29.2 Å². The molecule has 1 saturated carbocycles. The quantitative estimate of drug-likeness (QED) is 0.404. The molecule has 0 radical (unpaired) electrons. The average Bonchev–Trinajstić information content (AvgIpc) is 3.63. The summed E-state index contributed by atoms with van der Waals surface area (Å²) < 4.78 is 5.80. The summed E-state index contributed by atoms with van der Waals surface area (Å²) in [5.41, 5.74) is 3.85. The van der Waals surface area contributed by atoms with Crippen LogP contribution >= 0.6 is 0 Å². The lowest BCUT2D eigenvalue weighted by atomic mass is 10.0. The van der Waals surface area contributed by atoms with E-state index in [1.807, 2.05) is 38.1 Å². The maximum Gasteiger partial charge on any atom is 0.256 e. The van der Waals surface area contributed by atoms with E-state index in [0.717, 1.165) is 38.0 Å². The number of anilines is 4. The van der Waals surface area contributed by atoms with Crippen LogP contribution in [-0.4, -0.2) is 39.5 Å². The monoisotopic (exact) mass is 459 g/mol. The number of carbonyl (C=O) groups excluding carboxylic acids is 1. The number of ether oxygens (including phenoxy) is 1. The van der Waals surface area contributed by atoms with Crippen LogP contribution in [0.3, 0.4) is 0 Å². The Bertz CT molecular complexity index is 1190. The molecule has 34 heavy (non-hydrogen) atoms. The molecule has 176 valence electrons. The Hall–Kier alpha value is -3.72. The molecule has 5 rings (SSSR count). The third kappa shape index (κ3) is 5.43. The first-order valence-electron chi connectivity index (χ1n) is 11.7. The Kier molecular flexibility index (Phi) is 6.27. The zero-order valence-corrected chi connectivity index (χ0v) is 19.4. The van der Waals surface area contributed by atoms with Gasteiger partial charge in [0.15, 0.2) is 0 Å². The third-order valence-corrected chi connectivity index (χ3v) is 5.58. The Morgan fingerprint density at radius 3 is 2.82 bits per heavy atom. The summed E-state index contributed by atoms with van der Waals surface area (Å²) >= 11 is 0. The van der Waals surface area contributed by atoms with E-state index in [9.17, 15) is 4.79 Å². The van der Waals surface area contributed by atoms with Gasteiger partial charge in [-0.05, 0) is 69.0 Å². The molecule has 0 atom stereocenters. The van der Waals surface area contributed by atoms with E-state index in [0.29, 0.717) is 29.0 Å². The molecule has 1 aliphatic carbocycles. The fourth-order valence-corrected chi connectivity index (χ4v) is 3.76. The first kappa shape index (κ1) is 22.1. The van der Waals surface area contributed by atoms with Crippen LogP contribution in [0.25, 0.3) is 0 Å². The van der Waals surface area contributed by atoms with Gasteiger partial charge in [0, 0.05) is 30.5 Å². The number of rotatable bonds is 8. The van der Waals surface area contributed by atoms with Crippen molar-refractivity contribution in [3.05, 3.63) is 59.3 Å². The van der Waals surface area contributed by atoms with E-state index in [1.54, 1.807) is 0 Å². The van der Waals surface area contributed by atoms with Gasteiger partial charge in [-0.2, -0.15) is 9.97 Å². The number of aromatic nitrogens is 3. The van der Waals surface area contributed by atoms with Crippen molar-refractivity contribution in [1.82, 2.24) is 25.6 Å². The van der Waals surface area contributed by atoms with Crippen LogP contribution in [0.1, 0.15) is 48.2 Å². The number of benzene rings is 1. The molecule has 0 spiro atoms. The highest BCUT2D eigenvalue weighted by molar-refractivity contribution is 5.99. The Morgan fingerprint density at radius 2 is 2.00 bits per heavy atom. The standard InChI is InChI=1S/C25H29N7O2/c1-15(2)28-24(33)20-14-27-25(29-18-7-6-16-10-11-26-13-17(16)12-18)32-23(20)31-21-4-3-5-22(30-21)34-19-8-9-19/h3-7,12,14-15,19,26H,8-11,13H2,1-2H3,(H,28,33)(H2,27,29,30,31,32). The Balaban J connectivity index is 1.41. The van der Waals surface area contributed by atoms with E-state index in [2.05, 4.69) is 48.4 Å². The summed E-state index contributed by atoms with van der Waals surface area (Å²) in [7, 11) is 0. The van der Waals surface area contributed by atoms with Crippen molar-refractivity contribution in [2.75, 3.05) is 17.2 Å². The molecule has 3 heterocycles. The average molecular weight is 460 g/mol. The maximum atomic E-state index is 12.8. The summed E-state index contributed by atoms with van der Waals surface area (Å²) in [5, 5.41) is 12.7. The van der Waals surface area contributed by atoms with E-state index in [1.165, 1.54) is 17.3 Å². The van der Waals surface area contributed by atoms with Gasteiger partial charge in [0.05, 0.1) is 0 Å². The number of amides is 1. The lowest BCUT2D eigenvalue weighted by molar-refractivity contribution is 0.0943. The first-order chi connectivity index (χ1) is 16.5. The topological polar surface area (TPSA) is 113 Å². The minimum atomic E-state index is -0.255. The van der Waals surface area contributed by atoms with Crippen LogP contribution < -0.4 is 26.0 Å². The van der Waals surface area contributed by atoms with Gasteiger partial charge in [-0.1, -0.05) is 12.1 Å². The fourth-order valence-electron chi connectivity index (χ4n) is 3.76. The SMILES string of the molecule is CC(C)NC(=O)c1cnc(Nc2ccc3c(c2)CNCC3)nc1Nc1cccc(OC2CC2)n1. The van der Waals surface area contributed by atoms with Crippen molar-refractivity contribution < 1.29 is 9.53 Å². The third-order valence-electron chi connectivity index (χ3n) is 5.58. The molecule has 1 amide bonds. The van der Waals surface area contributed by atoms with Crippen LogP contribution in [-0.2, 0) is 13.0 Å². The smallest absolute Gasteiger partial charge is 0.256 e. The molecule has 0 saturated heterocycles. The summed E-state index contributed by atoms with van der Waals surface area (Å²) in [5.74, 6) is 1.59. The molecule has 2 aromatic heterocycles. The molecular weight excluding hydrogens is 430 g/mol. The summed E-state index contributed by atoms with van der Waals surface area (Å²) in [6.07, 6.45) is 4.91. The molecule has 4 N–H and O–H groups in total. The Morgan fingerprint density at radius 1 is 1.12 bits per heavy atom. The number of hydrogen-bond acceptors (Lipinski definition) is 8.